The summed E-state index contributed by atoms with van der Waals surface area (Å²) in [6.07, 6.45) is 3.46. The van der Waals surface area contributed by atoms with Crippen molar-refractivity contribution in [1.82, 2.24) is 5.32 Å². The molecular formula is C13H20N4O2S. The molecule has 0 aromatic carbocycles. The Morgan fingerprint density at radius 3 is 2.50 bits per heavy atom. The first-order valence-corrected chi connectivity index (χ1v) is 7.44. The highest BCUT2D eigenvalue weighted by Gasteiger charge is 2.40. The molecule has 0 bridgehead atoms. The maximum Gasteiger partial charge on any atom is 0.263 e. The van der Waals surface area contributed by atoms with E-state index in [4.69, 9.17) is 11.5 Å². The van der Waals surface area contributed by atoms with Crippen LogP contribution in [0, 0.1) is 5.41 Å². The number of carbonyl (C=O) groups excluding carboxylic acids is 2. The lowest BCUT2D eigenvalue weighted by molar-refractivity contribution is 0.0967. The molecule has 1 aliphatic carbocycles. The molecule has 1 aromatic rings. The van der Waals surface area contributed by atoms with E-state index in [-0.39, 0.29) is 17.2 Å². The van der Waals surface area contributed by atoms with E-state index in [0.29, 0.717) is 15.3 Å². The lowest BCUT2D eigenvalue weighted by Crippen LogP contribution is -2.20. The lowest BCUT2D eigenvalue weighted by Gasteiger charge is -2.13. The fourth-order valence-electron chi connectivity index (χ4n) is 2.20. The number of nitrogens with one attached hydrogen (secondary N) is 2. The fraction of sp³-hybridized carbons (Fsp3) is 0.538. The number of carbonyl (C=O) groups is 2. The molecule has 6 N–H and O–H groups in total. The molecule has 1 heterocycles. The van der Waals surface area contributed by atoms with E-state index in [2.05, 4.69) is 17.6 Å². The maximum absolute atomic E-state index is 11.7. The molecule has 2 rings (SSSR count). The average Bonchev–Trinajstić information content (AvgIpc) is 3.13. The minimum Gasteiger partial charge on any atom is -0.397 e. The van der Waals surface area contributed by atoms with Crippen LogP contribution in [0.15, 0.2) is 0 Å². The smallest absolute Gasteiger partial charge is 0.263 e. The van der Waals surface area contributed by atoms with E-state index < -0.39 is 5.91 Å². The van der Waals surface area contributed by atoms with Crippen molar-refractivity contribution in [1.29, 1.82) is 0 Å². The van der Waals surface area contributed by atoms with E-state index >= 15 is 0 Å². The van der Waals surface area contributed by atoms with Gasteiger partial charge in [-0.1, -0.05) is 6.92 Å². The predicted molar refractivity (Wildman–Crippen MR) is 81.1 cm³/mol. The van der Waals surface area contributed by atoms with Gasteiger partial charge in [0.05, 0.1) is 11.3 Å². The van der Waals surface area contributed by atoms with Crippen molar-refractivity contribution >= 4 is 33.8 Å². The number of nitrogen functional groups attached to an aromatic ring is 1. The van der Waals surface area contributed by atoms with E-state index in [1.54, 1.807) is 0 Å². The van der Waals surface area contributed by atoms with Gasteiger partial charge in [-0.3, -0.25) is 9.59 Å². The minimum absolute atomic E-state index is 0.158. The Bertz CT molecular complexity index is 549. The summed E-state index contributed by atoms with van der Waals surface area (Å²) < 4.78 is 0. The SMILES string of the molecule is CCC1(CNc2sc(C(=O)NC)c(N)c2C(N)=O)CC1. The number of primary amides is 1. The zero-order valence-electron chi connectivity index (χ0n) is 11.7. The van der Waals surface area contributed by atoms with Gasteiger partial charge in [-0.15, -0.1) is 11.3 Å². The van der Waals surface area contributed by atoms with Gasteiger partial charge in [-0.25, -0.2) is 0 Å². The highest BCUT2D eigenvalue weighted by atomic mass is 32.1. The molecule has 2 amide bonds. The Kier molecular flexibility index (Phi) is 3.89. The average molecular weight is 296 g/mol. The molecular weight excluding hydrogens is 276 g/mol. The van der Waals surface area contributed by atoms with Gasteiger partial charge in [0.2, 0.25) is 0 Å². The van der Waals surface area contributed by atoms with Crippen LogP contribution in [0.25, 0.3) is 0 Å². The summed E-state index contributed by atoms with van der Waals surface area (Å²) in [4.78, 5) is 23.6. The summed E-state index contributed by atoms with van der Waals surface area (Å²) in [7, 11) is 1.52. The van der Waals surface area contributed by atoms with Gasteiger partial charge in [0.15, 0.2) is 0 Å². The van der Waals surface area contributed by atoms with Crippen LogP contribution in [0.1, 0.15) is 46.2 Å². The zero-order chi connectivity index (χ0) is 14.9. The number of amides is 2. The van der Waals surface area contributed by atoms with Crippen LogP contribution in [0.3, 0.4) is 0 Å². The van der Waals surface area contributed by atoms with Crippen LogP contribution in [0.5, 0.6) is 0 Å². The van der Waals surface area contributed by atoms with Gasteiger partial charge in [-0.2, -0.15) is 0 Å². The Morgan fingerprint density at radius 2 is 2.05 bits per heavy atom. The van der Waals surface area contributed by atoms with Gasteiger partial charge < -0.3 is 22.1 Å². The largest absolute Gasteiger partial charge is 0.397 e. The number of nitrogens with two attached hydrogens (primary N) is 2. The first-order chi connectivity index (χ1) is 9.44. The fourth-order valence-corrected chi connectivity index (χ4v) is 3.26. The first-order valence-electron chi connectivity index (χ1n) is 6.62. The van der Waals surface area contributed by atoms with E-state index in [9.17, 15) is 9.59 Å². The summed E-state index contributed by atoms with van der Waals surface area (Å²) in [5.74, 6) is -0.919. The van der Waals surface area contributed by atoms with Crippen LogP contribution in [0.4, 0.5) is 10.7 Å². The van der Waals surface area contributed by atoms with Gasteiger partial charge >= 0.3 is 0 Å². The molecule has 0 spiro atoms. The molecule has 0 saturated heterocycles. The number of anilines is 2. The molecule has 1 aromatic heterocycles. The Morgan fingerprint density at radius 1 is 1.40 bits per heavy atom. The molecule has 0 unspecified atom stereocenters. The first kappa shape index (κ1) is 14.6. The van der Waals surface area contributed by atoms with Gasteiger partial charge in [-0.05, 0) is 24.7 Å². The summed E-state index contributed by atoms with van der Waals surface area (Å²) in [6.45, 7) is 2.93. The Balaban J connectivity index is 2.26. The molecule has 20 heavy (non-hydrogen) atoms. The predicted octanol–water partition coefficient (Wildman–Crippen LogP) is 1.39. The summed E-state index contributed by atoms with van der Waals surface area (Å²) in [5.41, 5.74) is 12.0. The molecule has 0 aliphatic heterocycles. The third-order valence-electron chi connectivity index (χ3n) is 3.96. The van der Waals surface area contributed by atoms with Crippen molar-refractivity contribution in [3.8, 4) is 0 Å². The van der Waals surface area contributed by atoms with Gasteiger partial charge in [0.25, 0.3) is 11.8 Å². The summed E-state index contributed by atoms with van der Waals surface area (Å²) in [5, 5.41) is 6.35. The highest BCUT2D eigenvalue weighted by Crippen LogP contribution is 2.49. The van der Waals surface area contributed by atoms with Crippen molar-refractivity contribution in [2.75, 3.05) is 24.6 Å². The van der Waals surface area contributed by atoms with E-state index in [0.717, 1.165) is 13.0 Å². The highest BCUT2D eigenvalue weighted by molar-refractivity contribution is 7.19. The molecule has 1 fully saturated rings. The van der Waals surface area contributed by atoms with Crippen LogP contribution >= 0.6 is 11.3 Å². The van der Waals surface area contributed by atoms with Crippen molar-refractivity contribution in [2.24, 2.45) is 11.1 Å². The van der Waals surface area contributed by atoms with Crippen molar-refractivity contribution in [3.63, 3.8) is 0 Å². The van der Waals surface area contributed by atoms with Crippen LogP contribution < -0.4 is 22.1 Å². The number of hydrogen-bond acceptors (Lipinski definition) is 5. The molecule has 0 atom stereocenters. The third kappa shape index (κ3) is 2.58. The van der Waals surface area contributed by atoms with Gasteiger partial charge in [0.1, 0.15) is 9.88 Å². The van der Waals surface area contributed by atoms with E-state index in [1.807, 2.05) is 0 Å². The van der Waals surface area contributed by atoms with Crippen LogP contribution in [-0.2, 0) is 0 Å². The monoisotopic (exact) mass is 296 g/mol. The standard InChI is InChI=1S/C13H20N4O2S/c1-3-13(4-5-13)6-17-12-7(10(15)18)8(14)9(20-12)11(19)16-2/h17H,3-6,14H2,1-2H3,(H2,15,18)(H,16,19). The summed E-state index contributed by atoms with van der Waals surface area (Å²) >= 11 is 1.18. The third-order valence-corrected chi connectivity index (χ3v) is 5.12. The Hall–Kier alpha value is -1.76. The van der Waals surface area contributed by atoms with Crippen molar-refractivity contribution < 1.29 is 9.59 Å². The normalized spacial score (nSPS) is 15.7. The lowest BCUT2D eigenvalue weighted by atomic mass is 10.0. The topological polar surface area (TPSA) is 110 Å². The second-order valence-electron chi connectivity index (χ2n) is 5.20. The number of rotatable bonds is 6. The van der Waals surface area contributed by atoms with E-state index in [1.165, 1.54) is 31.2 Å². The molecule has 7 heteroatoms. The number of hydrogen-bond donors (Lipinski definition) is 4. The molecule has 110 valence electrons. The second-order valence-corrected chi connectivity index (χ2v) is 6.22. The van der Waals surface area contributed by atoms with Crippen LogP contribution in [-0.4, -0.2) is 25.4 Å². The summed E-state index contributed by atoms with van der Waals surface area (Å²) in [6, 6.07) is 0. The van der Waals surface area contributed by atoms with Crippen LogP contribution in [0.2, 0.25) is 0 Å². The number of thiophene rings is 1. The minimum atomic E-state index is -0.613. The van der Waals surface area contributed by atoms with Crippen molar-refractivity contribution in [3.05, 3.63) is 10.4 Å². The molecule has 1 saturated carbocycles. The zero-order valence-corrected chi connectivity index (χ0v) is 12.5. The second kappa shape index (κ2) is 5.32. The quantitative estimate of drug-likeness (QED) is 0.635. The Labute approximate surface area is 121 Å². The van der Waals surface area contributed by atoms with Crippen molar-refractivity contribution in [2.45, 2.75) is 26.2 Å². The van der Waals surface area contributed by atoms with Gasteiger partial charge in [0, 0.05) is 13.6 Å². The molecule has 6 nitrogen and oxygen atoms in total. The molecule has 1 aliphatic rings. The molecule has 0 radical (unpaired) electrons. The maximum atomic E-state index is 11.7.